The van der Waals surface area contributed by atoms with Crippen LogP contribution in [0.1, 0.15) is 23.1 Å². The van der Waals surface area contributed by atoms with Crippen LogP contribution in [0, 0.1) is 19.7 Å². The van der Waals surface area contributed by atoms with Gasteiger partial charge >= 0.3 is 0 Å². The summed E-state index contributed by atoms with van der Waals surface area (Å²) in [6.07, 6.45) is 0.397. The van der Waals surface area contributed by atoms with Crippen LogP contribution in [-0.4, -0.2) is 26.9 Å². The van der Waals surface area contributed by atoms with E-state index in [1.165, 1.54) is 18.2 Å². The molecule has 1 fully saturated rings. The van der Waals surface area contributed by atoms with Crippen molar-refractivity contribution in [1.29, 1.82) is 0 Å². The van der Waals surface area contributed by atoms with Gasteiger partial charge in [0, 0.05) is 12.2 Å². The van der Waals surface area contributed by atoms with E-state index in [0.29, 0.717) is 18.5 Å². The van der Waals surface area contributed by atoms with E-state index in [0.717, 1.165) is 16.8 Å². The van der Waals surface area contributed by atoms with E-state index in [-0.39, 0.29) is 11.7 Å². The lowest BCUT2D eigenvalue weighted by atomic mass is 10.1. The summed E-state index contributed by atoms with van der Waals surface area (Å²) >= 11 is 0. The normalized spacial score (nSPS) is 17.7. The monoisotopic (exact) mass is 376 g/mol. The Kier molecular flexibility index (Phi) is 5.11. The molecule has 1 aliphatic rings. The van der Waals surface area contributed by atoms with Crippen molar-refractivity contribution in [3.63, 3.8) is 0 Å². The van der Waals surface area contributed by atoms with E-state index >= 15 is 0 Å². The predicted octanol–water partition coefficient (Wildman–Crippen LogP) is 2.67. The number of hydrogen-bond acceptors (Lipinski definition) is 3. The van der Waals surface area contributed by atoms with Gasteiger partial charge in [-0.1, -0.05) is 18.2 Å². The summed E-state index contributed by atoms with van der Waals surface area (Å²) in [4.78, 5) is 14.2. The highest BCUT2D eigenvalue weighted by molar-refractivity contribution is 7.88. The molecule has 5 nitrogen and oxygen atoms in total. The minimum atomic E-state index is -3.75. The number of rotatable bonds is 5. The Hall–Kier alpha value is -2.25. The quantitative estimate of drug-likeness (QED) is 0.872. The average molecular weight is 376 g/mol. The first-order valence-corrected chi connectivity index (χ1v) is 10.0. The Balaban J connectivity index is 1.70. The molecule has 1 heterocycles. The summed E-state index contributed by atoms with van der Waals surface area (Å²) in [6, 6.07) is 10.4. The minimum absolute atomic E-state index is 0.268. The van der Waals surface area contributed by atoms with E-state index in [1.807, 2.05) is 32.0 Å². The molecule has 0 bridgehead atoms. The third-order valence-corrected chi connectivity index (χ3v) is 5.93. The highest BCUT2D eigenvalue weighted by Gasteiger charge is 2.35. The third-order valence-electron chi connectivity index (χ3n) is 4.58. The number of amides is 1. The average Bonchev–Trinajstić information content (AvgIpc) is 2.90. The van der Waals surface area contributed by atoms with Crippen molar-refractivity contribution in [2.24, 2.45) is 0 Å². The second kappa shape index (κ2) is 7.17. The van der Waals surface area contributed by atoms with Gasteiger partial charge in [0.1, 0.15) is 11.9 Å². The Labute approximate surface area is 152 Å². The second-order valence-electron chi connectivity index (χ2n) is 6.61. The molecule has 0 aliphatic carbocycles. The molecule has 0 radical (unpaired) electrons. The summed E-state index contributed by atoms with van der Waals surface area (Å²) in [7, 11) is -3.75. The highest BCUT2D eigenvalue weighted by atomic mass is 32.2. The van der Waals surface area contributed by atoms with Gasteiger partial charge in [0.05, 0.1) is 5.75 Å². The van der Waals surface area contributed by atoms with Crippen LogP contribution < -0.4 is 9.62 Å². The molecule has 138 valence electrons. The molecule has 1 atom stereocenters. The predicted molar refractivity (Wildman–Crippen MR) is 98.8 cm³/mol. The van der Waals surface area contributed by atoms with Crippen molar-refractivity contribution in [2.45, 2.75) is 32.1 Å². The summed E-state index contributed by atoms with van der Waals surface area (Å²) in [6.45, 7) is 4.42. The molecule has 26 heavy (non-hydrogen) atoms. The molecule has 3 rings (SSSR count). The maximum atomic E-state index is 13.2. The molecule has 0 saturated carbocycles. The molecule has 2 aromatic carbocycles. The fourth-order valence-corrected chi connectivity index (χ4v) is 4.40. The van der Waals surface area contributed by atoms with Gasteiger partial charge in [0.15, 0.2) is 0 Å². The van der Waals surface area contributed by atoms with Crippen molar-refractivity contribution >= 4 is 21.6 Å². The van der Waals surface area contributed by atoms with E-state index in [9.17, 15) is 17.6 Å². The van der Waals surface area contributed by atoms with Gasteiger partial charge in [0.2, 0.25) is 15.9 Å². The Morgan fingerprint density at radius 1 is 1.15 bits per heavy atom. The molecule has 1 N–H and O–H groups in total. The molecule has 0 aromatic heterocycles. The number of nitrogens with one attached hydrogen (secondary N) is 1. The number of hydrogen-bond donors (Lipinski definition) is 1. The SMILES string of the molecule is Cc1ccc(N2CCC(NS(=O)(=O)Cc3cccc(F)c3)C2=O)cc1C. The lowest BCUT2D eigenvalue weighted by molar-refractivity contribution is -0.118. The summed E-state index contributed by atoms with van der Waals surface area (Å²) in [5, 5.41) is 0. The van der Waals surface area contributed by atoms with Gasteiger partial charge in [-0.2, -0.15) is 0 Å². The van der Waals surface area contributed by atoms with Crippen LogP contribution in [-0.2, 0) is 20.6 Å². The lowest BCUT2D eigenvalue weighted by Crippen LogP contribution is -2.42. The van der Waals surface area contributed by atoms with Crippen molar-refractivity contribution in [3.05, 3.63) is 65.0 Å². The maximum Gasteiger partial charge on any atom is 0.245 e. The molecule has 1 unspecified atom stereocenters. The lowest BCUT2D eigenvalue weighted by Gasteiger charge is -2.18. The first-order valence-electron chi connectivity index (χ1n) is 8.38. The first kappa shape index (κ1) is 18.5. The fourth-order valence-electron chi connectivity index (χ4n) is 3.04. The Bertz CT molecular complexity index is 944. The Morgan fingerprint density at radius 2 is 1.92 bits per heavy atom. The second-order valence-corrected chi connectivity index (χ2v) is 8.36. The fraction of sp³-hybridized carbons (Fsp3) is 0.316. The number of halogens is 1. The molecular formula is C19H21FN2O3S. The number of carbonyl (C=O) groups excluding carboxylic acids is 1. The van der Waals surface area contributed by atoms with Gasteiger partial charge in [-0.15, -0.1) is 0 Å². The molecular weight excluding hydrogens is 355 g/mol. The molecule has 1 saturated heterocycles. The van der Waals surface area contributed by atoms with Crippen LogP contribution in [0.4, 0.5) is 10.1 Å². The van der Waals surface area contributed by atoms with Gasteiger partial charge in [-0.25, -0.2) is 17.5 Å². The summed E-state index contributed by atoms with van der Waals surface area (Å²) in [5.41, 5.74) is 3.32. The smallest absolute Gasteiger partial charge is 0.245 e. The van der Waals surface area contributed by atoms with Gasteiger partial charge in [0.25, 0.3) is 0 Å². The van der Waals surface area contributed by atoms with Crippen LogP contribution >= 0.6 is 0 Å². The van der Waals surface area contributed by atoms with Crippen LogP contribution in [0.15, 0.2) is 42.5 Å². The molecule has 1 aliphatic heterocycles. The van der Waals surface area contributed by atoms with Crippen molar-refractivity contribution < 1.29 is 17.6 Å². The molecule has 1 amide bonds. The number of anilines is 1. The van der Waals surface area contributed by atoms with Crippen LogP contribution in [0.2, 0.25) is 0 Å². The largest absolute Gasteiger partial charge is 0.311 e. The molecule has 0 spiro atoms. The van der Waals surface area contributed by atoms with E-state index in [1.54, 1.807) is 11.0 Å². The standard InChI is InChI=1S/C19H21FN2O3S/c1-13-6-7-17(10-14(13)2)22-9-8-18(19(22)23)21-26(24,25)12-15-4-3-5-16(20)11-15/h3-7,10-11,18,21H,8-9,12H2,1-2H3. The van der Waals surface area contributed by atoms with Gasteiger partial charge in [-0.3, -0.25) is 4.79 Å². The topological polar surface area (TPSA) is 66.5 Å². The van der Waals surface area contributed by atoms with Crippen molar-refractivity contribution in [3.8, 4) is 0 Å². The zero-order chi connectivity index (χ0) is 18.9. The van der Waals surface area contributed by atoms with Crippen LogP contribution in [0.25, 0.3) is 0 Å². The minimum Gasteiger partial charge on any atom is -0.311 e. The summed E-state index contributed by atoms with van der Waals surface area (Å²) < 4.78 is 40.4. The maximum absolute atomic E-state index is 13.2. The van der Waals surface area contributed by atoms with Gasteiger partial charge < -0.3 is 4.90 Å². The summed E-state index contributed by atoms with van der Waals surface area (Å²) in [5.74, 6) is -1.12. The molecule has 7 heteroatoms. The number of aryl methyl sites for hydroxylation is 2. The zero-order valence-corrected chi connectivity index (χ0v) is 15.5. The van der Waals surface area contributed by atoms with Crippen LogP contribution in [0.5, 0.6) is 0 Å². The number of carbonyl (C=O) groups is 1. The van der Waals surface area contributed by atoms with Gasteiger partial charge in [-0.05, 0) is 61.2 Å². The highest BCUT2D eigenvalue weighted by Crippen LogP contribution is 2.24. The molecule has 2 aromatic rings. The van der Waals surface area contributed by atoms with E-state index < -0.39 is 21.9 Å². The number of nitrogens with zero attached hydrogens (tertiary/aromatic N) is 1. The van der Waals surface area contributed by atoms with E-state index in [2.05, 4.69) is 4.72 Å². The van der Waals surface area contributed by atoms with Crippen molar-refractivity contribution in [1.82, 2.24) is 4.72 Å². The zero-order valence-electron chi connectivity index (χ0n) is 14.7. The third kappa shape index (κ3) is 4.11. The number of benzene rings is 2. The first-order chi connectivity index (χ1) is 12.2. The Morgan fingerprint density at radius 3 is 2.62 bits per heavy atom. The van der Waals surface area contributed by atoms with Crippen molar-refractivity contribution in [2.75, 3.05) is 11.4 Å². The number of sulfonamides is 1. The van der Waals surface area contributed by atoms with E-state index in [4.69, 9.17) is 0 Å². The van der Waals surface area contributed by atoms with Crippen LogP contribution in [0.3, 0.4) is 0 Å².